The Hall–Kier alpha value is -0.260. The summed E-state index contributed by atoms with van der Waals surface area (Å²) >= 11 is 0. The molecule has 0 spiro atoms. The summed E-state index contributed by atoms with van der Waals surface area (Å²) in [6, 6.07) is 0. The summed E-state index contributed by atoms with van der Waals surface area (Å²) in [5.41, 5.74) is 1.97. The van der Waals surface area contributed by atoms with Crippen LogP contribution in [0.1, 0.15) is 53.9 Å². The maximum Gasteiger partial charge on any atom is -0.0149 e. The van der Waals surface area contributed by atoms with Gasteiger partial charge in [-0.25, -0.2) is 0 Å². The second-order valence-electron chi connectivity index (χ2n) is 3.71. The van der Waals surface area contributed by atoms with E-state index in [-0.39, 0.29) is 0 Å². The second kappa shape index (κ2) is 4.58. The van der Waals surface area contributed by atoms with E-state index < -0.39 is 0 Å². The molecular formula is C11H22. The van der Waals surface area contributed by atoms with Gasteiger partial charge in [0, 0.05) is 0 Å². The van der Waals surface area contributed by atoms with Gasteiger partial charge in [0.05, 0.1) is 0 Å². The van der Waals surface area contributed by atoms with E-state index >= 15 is 0 Å². The van der Waals surface area contributed by atoms with Crippen LogP contribution in [0, 0.1) is 5.41 Å². The van der Waals surface area contributed by atoms with Crippen molar-refractivity contribution in [2.75, 3.05) is 0 Å². The first-order valence-electron chi connectivity index (χ1n) is 4.76. The molecule has 0 fully saturated rings. The quantitative estimate of drug-likeness (QED) is 0.533. The van der Waals surface area contributed by atoms with E-state index in [9.17, 15) is 0 Å². The average molecular weight is 154 g/mol. The lowest BCUT2D eigenvalue weighted by Crippen LogP contribution is -2.10. The number of hydrogen-bond acceptors (Lipinski definition) is 0. The zero-order valence-electron chi connectivity index (χ0n) is 8.70. The molecule has 11 heavy (non-hydrogen) atoms. The molecule has 0 heterocycles. The van der Waals surface area contributed by atoms with Crippen molar-refractivity contribution < 1.29 is 0 Å². The van der Waals surface area contributed by atoms with Gasteiger partial charge >= 0.3 is 0 Å². The van der Waals surface area contributed by atoms with Crippen molar-refractivity contribution in [3.63, 3.8) is 0 Å². The summed E-state index contributed by atoms with van der Waals surface area (Å²) in [5, 5.41) is 0. The van der Waals surface area contributed by atoms with Gasteiger partial charge in [-0.15, -0.1) is 0 Å². The molecule has 66 valence electrons. The monoisotopic (exact) mass is 154 g/mol. The molecule has 0 aromatic rings. The van der Waals surface area contributed by atoms with Gasteiger partial charge in [0.1, 0.15) is 0 Å². The maximum atomic E-state index is 2.44. The normalized spacial score (nSPS) is 13.7. The first-order valence-corrected chi connectivity index (χ1v) is 4.76. The van der Waals surface area contributed by atoms with Crippen LogP contribution < -0.4 is 0 Å². The Balaban J connectivity index is 4.27. The molecule has 0 unspecified atom stereocenters. The van der Waals surface area contributed by atoms with Crippen molar-refractivity contribution in [2.24, 2.45) is 5.41 Å². The van der Waals surface area contributed by atoms with E-state index in [1.165, 1.54) is 24.8 Å². The summed E-state index contributed by atoms with van der Waals surface area (Å²) in [5.74, 6) is 0. The summed E-state index contributed by atoms with van der Waals surface area (Å²) in [6.07, 6.45) is 6.13. The lowest BCUT2D eigenvalue weighted by Gasteiger charge is -2.23. The van der Waals surface area contributed by atoms with Gasteiger partial charge in [-0.1, -0.05) is 39.3 Å². The van der Waals surface area contributed by atoms with E-state index in [2.05, 4.69) is 40.7 Å². The Labute approximate surface area is 71.7 Å². The zero-order valence-corrected chi connectivity index (χ0v) is 8.70. The van der Waals surface area contributed by atoms with Crippen molar-refractivity contribution in [3.8, 4) is 0 Å². The zero-order chi connectivity index (χ0) is 8.91. The van der Waals surface area contributed by atoms with Gasteiger partial charge < -0.3 is 0 Å². The molecule has 0 bridgehead atoms. The Bertz CT molecular complexity index is 127. The second-order valence-corrected chi connectivity index (χ2v) is 3.71. The fourth-order valence-electron chi connectivity index (χ4n) is 1.15. The predicted molar refractivity (Wildman–Crippen MR) is 52.7 cm³/mol. The fourth-order valence-corrected chi connectivity index (χ4v) is 1.15. The van der Waals surface area contributed by atoms with Crippen molar-refractivity contribution in [2.45, 2.75) is 53.9 Å². The SMILES string of the molecule is CCC(C)=CC(C)(CC)CC. The molecule has 0 aliphatic carbocycles. The molecule has 0 nitrogen and oxygen atoms in total. The van der Waals surface area contributed by atoms with Gasteiger partial charge in [0.15, 0.2) is 0 Å². The van der Waals surface area contributed by atoms with E-state index in [1.54, 1.807) is 0 Å². The van der Waals surface area contributed by atoms with E-state index in [0.29, 0.717) is 5.41 Å². The van der Waals surface area contributed by atoms with Crippen LogP contribution >= 0.6 is 0 Å². The molecule has 0 amide bonds. The van der Waals surface area contributed by atoms with Crippen LogP contribution in [0.5, 0.6) is 0 Å². The molecule has 0 heteroatoms. The molecule has 0 saturated heterocycles. The molecule has 0 N–H and O–H groups in total. The van der Waals surface area contributed by atoms with Gasteiger partial charge in [-0.05, 0) is 31.6 Å². The van der Waals surface area contributed by atoms with Crippen LogP contribution in [0.3, 0.4) is 0 Å². The maximum absolute atomic E-state index is 2.44. The van der Waals surface area contributed by atoms with Crippen molar-refractivity contribution in [1.82, 2.24) is 0 Å². The Morgan fingerprint density at radius 1 is 1.18 bits per heavy atom. The fraction of sp³-hybridized carbons (Fsp3) is 0.818. The standard InChI is InChI=1S/C11H22/c1-6-10(4)9-11(5,7-2)8-3/h9H,6-8H2,1-5H3. The van der Waals surface area contributed by atoms with Crippen LogP contribution in [0.25, 0.3) is 0 Å². The molecular weight excluding hydrogens is 132 g/mol. The smallest absolute Gasteiger partial charge is 0.0149 e. The first-order chi connectivity index (χ1) is 5.08. The minimum absolute atomic E-state index is 0.445. The van der Waals surface area contributed by atoms with Crippen LogP contribution in [-0.4, -0.2) is 0 Å². The molecule has 0 aliphatic heterocycles. The van der Waals surface area contributed by atoms with Crippen molar-refractivity contribution in [1.29, 1.82) is 0 Å². The largest absolute Gasteiger partial charge is 0.0797 e. The first kappa shape index (κ1) is 10.7. The third-order valence-corrected chi connectivity index (χ3v) is 2.77. The topological polar surface area (TPSA) is 0 Å². The Morgan fingerprint density at radius 2 is 1.64 bits per heavy atom. The predicted octanol–water partition coefficient (Wildman–Crippen LogP) is 4.17. The van der Waals surface area contributed by atoms with Crippen molar-refractivity contribution >= 4 is 0 Å². The molecule has 0 aromatic heterocycles. The Kier molecular flexibility index (Phi) is 4.48. The summed E-state index contributed by atoms with van der Waals surface area (Å²) in [4.78, 5) is 0. The van der Waals surface area contributed by atoms with Crippen LogP contribution in [-0.2, 0) is 0 Å². The highest BCUT2D eigenvalue weighted by atomic mass is 14.2. The van der Waals surface area contributed by atoms with Gasteiger partial charge in [-0.3, -0.25) is 0 Å². The lowest BCUT2D eigenvalue weighted by molar-refractivity contribution is 0.392. The molecule has 0 atom stereocenters. The highest BCUT2D eigenvalue weighted by Gasteiger charge is 2.15. The molecule has 0 radical (unpaired) electrons. The van der Waals surface area contributed by atoms with Crippen LogP contribution in [0.4, 0.5) is 0 Å². The number of hydrogen-bond donors (Lipinski definition) is 0. The molecule has 0 rings (SSSR count). The molecule has 0 saturated carbocycles. The Morgan fingerprint density at radius 3 is 1.91 bits per heavy atom. The van der Waals surface area contributed by atoms with E-state index in [0.717, 1.165) is 0 Å². The van der Waals surface area contributed by atoms with Crippen LogP contribution in [0.2, 0.25) is 0 Å². The highest BCUT2D eigenvalue weighted by molar-refractivity contribution is 5.05. The minimum atomic E-state index is 0.445. The van der Waals surface area contributed by atoms with Gasteiger partial charge in [-0.2, -0.15) is 0 Å². The third-order valence-electron chi connectivity index (χ3n) is 2.77. The average Bonchev–Trinajstić information content (AvgIpc) is 2.04. The third kappa shape index (κ3) is 3.60. The summed E-state index contributed by atoms with van der Waals surface area (Å²) in [6.45, 7) is 11.3. The number of rotatable bonds is 4. The van der Waals surface area contributed by atoms with E-state index in [4.69, 9.17) is 0 Å². The summed E-state index contributed by atoms with van der Waals surface area (Å²) < 4.78 is 0. The lowest BCUT2D eigenvalue weighted by atomic mass is 9.83. The van der Waals surface area contributed by atoms with E-state index in [1.807, 2.05) is 0 Å². The summed E-state index contributed by atoms with van der Waals surface area (Å²) in [7, 11) is 0. The van der Waals surface area contributed by atoms with Gasteiger partial charge in [0.2, 0.25) is 0 Å². The highest BCUT2D eigenvalue weighted by Crippen LogP contribution is 2.28. The van der Waals surface area contributed by atoms with Gasteiger partial charge in [0.25, 0.3) is 0 Å². The number of allylic oxidation sites excluding steroid dienone is 2. The van der Waals surface area contributed by atoms with Crippen molar-refractivity contribution in [3.05, 3.63) is 11.6 Å². The molecule has 0 aromatic carbocycles. The van der Waals surface area contributed by atoms with Crippen LogP contribution in [0.15, 0.2) is 11.6 Å². The molecule has 0 aliphatic rings. The minimum Gasteiger partial charge on any atom is -0.0797 e.